The maximum atomic E-state index is 13.9. The van der Waals surface area contributed by atoms with Gasteiger partial charge < -0.3 is 25.4 Å². The van der Waals surface area contributed by atoms with Gasteiger partial charge in [-0.2, -0.15) is 0 Å². The third-order valence-electron chi connectivity index (χ3n) is 9.27. The van der Waals surface area contributed by atoms with E-state index in [2.05, 4.69) is 25.4 Å². The lowest BCUT2D eigenvalue weighted by atomic mass is 10.0. The van der Waals surface area contributed by atoms with Crippen LogP contribution in [0.2, 0.25) is 0 Å². The van der Waals surface area contributed by atoms with Crippen LogP contribution in [0.5, 0.6) is 0 Å². The number of likely N-dealkylation sites (tertiary alicyclic amines) is 2. The lowest BCUT2D eigenvalue weighted by Crippen LogP contribution is -2.42. The van der Waals surface area contributed by atoms with Crippen LogP contribution in [0.1, 0.15) is 93.0 Å². The summed E-state index contributed by atoms with van der Waals surface area (Å²) in [6.07, 6.45) is 6.36. The molecule has 2 fully saturated rings. The minimum atomic E-state index is -0.231. The van der Waals surface area contributed by atoms with Crippen molar-refractivity contribution >= 4 is 35.1 Å². The van der Waals surface area contributed by atoms with Crippen LogP contribution in [0.25, 0.3) is 11.6 Å². The number of fused-ring (bicyclic) bond motifs is 1. The summed E-state index contributed by atoms with van der Waals surface area (Å²) in [6.45, 7) is 11.8. The van der Waals surface area contributed by atoms with Gasteiger partial charge in [-0.3, -0.25) is 14.4 Å². The molecule has 0 saturated carbocycles. The molecule has 6 rings (SSSR count). The van der Waals surface area contributed by atoms with E-state index in [4.69, 9.17) is 0 Å². The molecule has 0 spiro atoms. The van der Waals surface area contributed by atoms with Crippen molar-refractivity contribution in [2.45, 2.75) is 65.5 Å². The number of carbonyl (C=O) groups is 3. The Hall–Kier alpha value is -4.17. The van der Waals surface area contributed by atoms with Crippen LogP contribution in [0.3, 0.4) is 0 Å². The van der Waals surface area contributed by atoms with Crippen LogP contribution in [0.4, 0.5) is 5.69 Å². The average Bonchev–Trinajstić information content (AvgIpc) is 3.78. The maximum absolute atomic E-state index is 13.9. The van der Waals surface area contributed by atoms with Crippen LogP contribution in [-0.2, 0) is 4.79 Å². The highest BCUT2D eigenvalue weighted by Gasteiger charge is 2.34. The van der Waals surface area contributed by atoms with E-state index in [9.17, 15) is 14.4 Å². The predicted molar refractivity (Wildman–Crippen MR) is 170 cm³/mol. The van der Waals surface area contributed by atoms with Crippen molar-refractivity contribution < 1.29 is 14.4 Å². The third kappa shape index (κ3) is 5.76. The Kier molecular flexibility index (Phi) is 7.97. The first-order chi connectivity index (χ1) is 20.7. The van der Waals surface area contributed by atoms with Gasteiger partial charge in [0, 0.05) is 47.3 Å². The largest absolute Gasteiger partial charge is 0.358 e. The number of rotatable bonds is 7. The summed E-state index contributed by atoms with van der Waals surface area (Å²) in [7, 11) is 0. The highest BCUT2D eigenvalue weighted by molar-refractivity contribution is 6.35. The Morgan fingerprint density at radius 2 is 1.77 bits per heavy atom. The number of nitrogens with zero attached hydrogens (tertiary/aromatic N) is 2. The summed E-state index contributed by atoms with van der Waals surface area (Å²) in [4.78, 5) is 48.0. The Morgan fingerprint density at radius 3 is 2.51 bits per heavy atom. The number of nitrogens with one attached hydrogen (secondary N) is 3. The maximum Gasteiger partial charge on any atom is 0.256 e. The van der Waals surface area contributed by atoms with Gasteiger partial charge in [-0.1, -0.05) is 29.8 Å². The molecule has 2 saturated heterocycles. The fourth-order valence-corrected chi connectivity index (χ4v) is 6.77. The van der Waals surface area contributed by atoms with E-state index in [0.717, 1.165) is 61.5 Å². The summed E-state index contributed by atoms with van der Waals surface area (Å²) >= 11 is 0. The molecule has 2 aromatic carbocycles. The van der Waals surface area contributed by atoms with Crippen molar-refractivity contribution in [3.05, 3.63) is 87.2 Å². The van der Waals surface area contributed by atoms with Gasteiger partial charge in [-0.15, -0.1) is 0 Å². The second kappa shape index (κ2) is 11.8. The van der Waals surface area contributed by atoms with Crippen molar-refractivity contribution in [2.24, 2.45) is 0 Å². The SMILES string of the molecule is Cc1ccc([C@H](C)NC(=O)c2ccc3c(c2)/C(=C/c2[nH]c(C)c(C(=O)N4CCC[C@H]4CN4CCCC4)c2C)C(=O)N3)cc1. The van der Waals surface area contributed by atoms with E-state index in [1.165, 1.54) is 18.4 Å². The molecule has 224 valence electrons. The van der Waals surface area contributed by atoms with Crippen molar-refractivity contribution in [3.63, 3.8) is 0 Å². The summed E-state index contributed by atoms with van der Waals surface area (Å²) in [5, 5.41) is 5.99. The predicted octanol–water partition coefficient (Wildman–Crippen LogP) is 5.62. The van der Waals surface area contributed by atoms with Gasteiger partial charge in [0.1, 0.15) is 0 Å². The van der Waals surface area contributed by atoms with Gasteiger partial charge in [-0.05, 0) is 102 Å². The molecule has 4 heterocycles. The zero-order valence-corrected chi connectivity index (χ0v) is 25.5. The number of H-pyrrole nitrogens is 1. The number of hydrogen-bond acceptors (Lipinski definition) is 4. The van der Waals surface area contributed by atoms with E-state index in [0.29, 0.717) is 28.0 Å². The molecule has 8 heteroatoms. The van der Waals surface area contributed by atoms with Crippen LogP contribution >= 0.6 is 0 Å². The van der Waals surface area contributed by atoms with E-state index in [1.807, 2.05) is 58.0 Å². The number of aromatic nitrogens is 1. The highest BCUT2D eigenvalue weighted by Crippen LogP contribution is 2.35. The first-order valence-electron chi connectivity index (χ1n) is 15.5. The molecule has 3 aromatic rings. The van der Waals surface area contributed by atoms with Crippen LogP contribution < -0.4 is 10.6 Å². The molecule has 0 aliphatic carbocycles. The first kappa shape index (κ1) is 28.9. The zero-order valence-electron chi connectivity index (χ0n) is 25.5. The quantitative estimate of drug-likeness (QED) is 0.317. The van der Waals surface area contributed by atoms with Crippen molar-refractivity contribution in [3.8, 4) is 0 Å². The monoisotopic (exact) mass is 579 g/mol. The fourth-order valence-electron chi connectivity index (χ4n) is 6.77. The molecule has 3 amide bonds. The van der Waals surface area contributed by atoms with Crippen LogP contribution in [0.15, 0.2) is 42.5 Å². The molecule has 2 atom stereocenters. The van der Waals surface area contributed by atoms with Gasteiger partial charge >= 0.3 is 0 Å². The van der Waals surface area contributed by atoms with Gasteiger partial charge in [0.05, 0.1) is 17.2 Å². The van der Waals surface area contributed by atoms with Crippen molar-refractivity contribution in [1.29, 1.82) is 0 Å². The standard InChI is InChI=1S/C35H41N5O3/c1-21-9-11-25(12-10-21)23(3)37-33(41)26-13-14-30-28(18-26)29(34(42)38-30)19-31-22(2)32(24(4)36-31)35(43)40-17-7-8-27(40)20-39-15-5-6-16-39/h9-14,18-19,23,27,36H,5-8,15-17,20H2,1-4H3,(H,37,41)(H,38,42)/b29-19-/t23-,27-/m0/s1. The Morgan fingerprint density at radius 1 is 1.02 bits per heavy atom. The molecule has 0 unspecified atom stereocenters. The Balaban J connectivity index is 1.23. The minimum Gasteiger partial charge on any atom is -0.358 e. The van der Waals surface area contributed by atoms with Crippen LogP contribution in [0, 0.1) is 20.8 Å². The van der Waals surface area contributed by atoms with Gasteiger partial charge in [0.2, 0.25) is 0 Å². The molecule has 1 aromatic heterocycles. The highest BCUT2D eigenvalue weighted by atomic mass is 16.2. The summed E-state index contributed by atoms with van der Waals surface area (Å²) in [5.41, 5.74) is 7.54. The number of benzene rings is 2. The molecular formula is C35H41N5O3. The molecule has 3 N–H and O–H groups in total. The van der Waals surface area contributed by atoms with E-state index in [-0.39, 0.29) is 29.8 Å². The second-order valence-corrected chi connectivity index (χ2v) is 12.3. The number of anilines is 1. The van der Waals surface area contributed by atoms with Crippen molar-refractivity contribution in [1.82, 2.24) is 20.1 Å². The van der Waals surface area contributed by atoms with Crippen LogP contribution in [-0.4, -0.2) is 64.7 Å². The summed E-state index contributed by atoms with van der Waals surface area (Å²) in [6, 6.07) is 13.4. The molecular weight excluding hydrogens is 538 g/mol. The molecule has 8 nitrogen and oxygen atoms in total. The Labute approximate surface area is 253 Å². The van der Waals surface area contributed by atoms with E-state index in [1.54, 1.807) is 18.2 Å². The number of carbonyl (C=O) groups excluding carboxylic acids is 3. The van der Waals surface area contributed by atoms with E-state index < -0.39 is 0 Å². The minimum absolute atomic E-state index is 0.0653. The molecule has 3 aliphatic heterocycles. The lowest BCUT2D eigenvalue weighted by molar-refractivity contribution is -0.110. The summed E-state index contributed by atoms with van der Waals surface area (Å²) in [5.74, 6) is -0.371. The smallest absolute Gasteiger partial charge is 0.256 e. The van der Waals surface area contributed by atoms with Crippen molar-refractivity contribution in [2.75, 3.05) is 31.5 Å². The topological polar surface area (TPSA) is 97.5 Å². The average molecular weight is 580 g/mol. The number of aryl methyl sites for hydroxylation is 2. The molecule has 0 bridgehead atoms. The summed E-state index contributed by atoms with van der Waals surface area (Å²) < 4.78 is 0. The zero-order chi connectivity index (χ0) is 30.2. The van der Waals surface area contributed by atoms with Gasteiger partial charge in [0.15, 0.2) is 0 Å². The number of amides is 3. The fraction of sp³-hybridized carbons (Fsp3) is 0.400. The lowest BCUT2D eigenvalue weighted by Gasteiger charge is -2.28. The molecule has 3 aliphatic rings. The Bertz CT molecular complexity index is 1600. The molecule has 43 heavy (non-hydrogen) atoms. The second-order valence-electron chi connectivity index (χ2n) is 12.3. The van der Waals surface area contributed by atoms with Gasteiger partial charge in [-0.25, -0.2) is 0 Å². The molecule has 0 radical (unpaired) electrons. The van der Waals surface area contributed by atoms with E-state index >= 15 is 0 Å². The third-order valence-corrected chi connectivity index (χ3v) is 9.27. The number of aromatic amines is 1. The first-order valence-corrected chi connectivity index (χ1v) is 15.5. The normalized spacial score (nSPS) is 20.0. The van der Waals surface area contributed by atoms with Gasteiger partial charge in [0.25, 0.3) is 17.7 Å². The number of hydrogen-bond donors (Lipinski definition) is 3.